The van der Waals surface area contributed by atoms with Crippen LogP contribution in [0, 0.1) is 0 Å². The first-order valence-electron chi connectivity index (χ1n) is 5.75. The highest BCUT2D eigenvalue weighted by molar-refractivity contribution is 6.31. The number of hydrogen-bond acceptors (Lipinski definition) is 3. The van der Waals surface area contributed by atoms with Crippen molar-refractivity contribution in [2.75, 3.05) is 7.05 Å². The fourth-order valence-corrected chi connectivity index (χ4v) is 1.75. The molecule has 0 fully saturated rings. The molecule has 4 heteroatoms. The van der Waals surface area contributed by atoms with Crippen LogP contribution in [-0.2, 0) is 13.2 Å². The van der Waals surface area contributed by atoms with Gasteiger partial charge in [0.1, 0.15) is 12.4 Å². The number of aromatic nitrogens is 1. The van der Waals surface area contributed by atoms with Gasteiger partial charge in [-0.25, -0.2) is 0 Å². The average Bonchev–Trinajstić information content (AvgIpc) is 2.40. The summed E-state index contributed by atoms with van der Waals surface area (Å²) in [5, 5.41) is 3.77. The number of halogens is 1. The van der Waals surface area contributed by atoms with E-state index in [2.05, 4.69) is 10.3 Å². The van der Waals surface area contributed by atoms with Gasteiger partial charge >= 0.3 is 0 Å². The van der Waals surface area contributed by atoms with Crippen LogP contribution in [0.3, 0.4) is 0 Å². The monoisotopic (exact) mass is 262 g/mol. The van der Waals surface area contributed by atoms with Crippen LogP contribution in [0.5, 0.6) is 5.75 Å². The minimum atomic E-state index is 0.451. The lowest BCUT2D eigenvalue weighted by molar-refractivity contribution is 0.305. The van der Waals surface area contributed by atoms with Crippen LogP contribution in [0.1, 0.15) is 11.3 Å². The van der Waals surface area contributed by atoms with Crippen molar-refractivity contribution in [2.24, 2.45) is 0 Å². The van der Waals surface area contributed by atoms with Crippen molar-refractivity contribution in [3.8, 4) is 5.75 Å². The first kappa shape index (κ1) is 12.9. The van der Waals surface area contributed by atoms with Gasteiger partial charge in [0.05, 0.1) is 11.9 Å². The molecular weight excluding hydrogens is 248 g/mol. The average molecular weight is 263 g/mol. The maximum absolute atomic E-state index is 6.05. The summed E-state index contributed by atoms with van der Waals surface area (Å²) in [6, 6.07) is 11.5. The third kappa shape index (κ3) is 3.45. The van der Waals surface area contributed by atoms with Crippen LogP contribution in [-0.4, -0.2) is 12.0 Å². The van der Waals surface area contributed by atoms with Gasteiger partial charge in [-0.05, 0) is 25.2 Å². The van der Waals surface area contributed by atoms with E-state index < -0.39 is 0 Å². The van der Waals surface area contributed by atoms with E-state index in [-0.39, 0.29) is 0 Å². The second kappa shape index (κ2) is 6.38. The number of pyridine rings is 1. The Hall–Kier alpha value is -1.58. The number of rotatable bonds is 5. The zero-order valence-electron chi connectivity index (χ0n) is 10.2. The van der Waals surface area contributed by atoms with E-state index in [1.165, 1.54) is 0 Å². The van der Waals surface area contributed by atoms with Crippen LogP contribution in [0.25, 0.3) is 0 Å². The topological polar surface area (TPSA) is 34.1 Å². The number of nitrogens with one attached hydrogen (secondary N) is 1. The number of ether oxygens (including phenoxy) is 1. The summed E-state index contributed by atoms with van der Waals surface area (Å²) in [6.45, 7) is 1.21. The highest BCUT2D eigenvalue weighted by Gasteiger charge is 2.01. The van der Waals surface area contributed by atoms with Crippen LogP contribution in [0.2, 0.25) is 5.02 Å². The molecule has 0 saturated heterocycles. The van der Waals surface area contributed by atoms with Crippen molar-refractivity contribution >= 4 is 11.6 Å². The normalized spacial score (nSPS) is 10.3. The third-order valence-electron chi connectivity index (χ3n) is 2.51. The summed E-state index contributed by atoms with van der Waals surface area (Å²) in [6.07, 6.45) is 1.73. The zero-order valence-corrected chi connectivity index (χ0v) is 10.9. The fraction of sp³-hybridized carbons (Fsp3) is 0.214. The summed E-state index contributed by atoms with van der Waals surface area (Å²) in [7, 11) is 1.89. The first-order chi connectivity index (χ1) is 8.79. The summed E-state index contributed by atoms with van der Waals surface area (Å²) >= 11 is 6.05. The molecule has 18 heavy (non-hydrogen) atoms. The van der Waals surface area contributed by atoms with E-state index in [4.69, 9.17) is 16.3 Å². The van der Waals surface area contributed by atoms with Crippen molar-refractivity contribution in [1.82, 2.24) is 10.3 Å². The summed E-state index contributed by atoms with van der Waals surface area (Å²) in [4.78, 5) is 4.28. The van der Waals surface area contributed by atoms with Gasteiger partial charge in [-0.1, -0.05) is 29.8 Å². The molecular formula is C14H15ClN2O. The SMILES string of the molecule is CNCc1ccc(OCc2ccccc2Cl)cn1. The molecule has 0 radical (unpaired) electrons. The van der Waals surface area contributed by atoms with E-state index in [1.807, 2.05) is 43.4 Å². The second-order valence-corrected chi connectivity index (χ2v) is 4.30. The Labute approximate surface area is 112 Å². The van der Waals surface area contributed by atoms with Crippen LogP contribution in [0.4, 0.5) is 0 Å². The van der Waals surface area contributed by atoms with Gasteiger partial charge in [0.15, 0.2) is 0 Å². The molecule has 2 rings (SSSR count). The highest BCUT2D eigenvalue weighted by atomic mass is 35.5. The Balaban J connectivity index is 1.96. The second-order valence-electron chi connectivity index (χ2n) is 3.90. The van der Waals surface area contributed by atoms with Crippen LogP contribution >= 0.6 is 11.6 Å². The molecule has 0 unspecified atom stereocenters. The quantitative estimate of drug-likeness (QED) is 0.899. The van der Waals surface area contributed by atoms with E-state index in [9.17, 15) is 0 Å². The largest absolute Gasteiger partial charge is 0.487 e. The molecule has 0 aliphatic carbocycles. The third-order valence-corrected chi connectivity index (χ3v) is 2.88. The summed E-state index contributed by atoms with van der Waals surface area (Å²) in [5.41, 5.74) is 1.96. The molecule has 1 aromatic carbocycles. The summed E-state index contributed by atoms with van der Waals surface area (Å²) < 4.78 is 5.64. The number of hydrogen-bond donors (Lipinski definition) is 1. The molecule has 0 atom stereocenters. The fourth-order valence-electron chi connectivity index (χ4n) is 1.56. The van der Waals surface area contributed by atoms with Gasteiger partial charge in [-0.15, -0.1) is 0 Å². The van der Waals surface area contributed by atoms with Crippen LogP contribution < -0.4 is 10.1 Å². The minimum absolute atomic E-state index is 0.451. The standard InChI is InChI=1S/C14H15ClN2O/c1-16-8-12-6-7-13(9-17-12)18-10-11-4-2-3-5-14(11)15/h2-7,9,16H,8,10H2,1H3. The van der Waals surface area contributed by atoms with Crippen molar-refractivity contribution in [3.05, 3.63) is 58.9 Å². The van der Waals surface area contributed by atoms with E-state index in [1.54, 1.807) is 6.20 Å². The maximum Gasteiger partial charge on any atom is 0.138 e. The molecule has 1 aromatic heterocycles. The maximum atomic E-state index is 6.05. The Bertz CT molecular complexity index is 499. The van der Waals surface area contributed by atoms with Crippen LogP contribution in [0.15, 0.2) is 42.6 Å². The predicted octanol–water partition coefficient (Wildman–Crippen LogP) is 3.03. The molecule has 1 N–H and O–H groups in total. The molecule has 0 spiro atoms. The molecule has 0 aliphatic rings. The lowest BCUT2D eigenvalue weighted by Gasteiger charge is -2.08. The van der Waals surface area contributed by atoms with Crippen molar-refractivity contribution in [3.63, 3.8) is 0 Å². The van der Waals surface area contributed by atoms with Crippen molar-refractivity contribution in [2.45, 2.75) is 13.2 Å². The van der Waals surface area contributed by atoms with Gasteiger partial charge in [0.2, 0.25) is 0 Å². The Kier molecular flexibility index (Phi) is 4.56. The van der Waals surface area contributed by atoms with Gasteiger partial charge < -0.3 is 10.1 Å². The molecule has 94 valence electrons. The molecule has 1 heterocycles. The zero-order chi connectivity index (χ0) is 12.8. The van der Waals surface area contributed by atoms with Crippen molar-refractivity contribution in [1.29, 1.82) is 0 Å². The van der Waals surface area contributed by atoms with Gasteiger partial charge in [-0.3, -0.25) is 4.98 Å². The van der Waals surface area contributed by atoms with Gasteiger partial charge in [0.25, 0.3) is 0 Å². The molecule has 0 aliphatic heterocycles. The Morgan fingerprint density at radius 1 is 1.22 bits per heavy atom. The summed E-state index contributed by atoms with van der Waals surface area (Å²) in [5.74, 6) is 0.745. The van der Waals surface area contributed by atoms with E-state index in [0.717, 1.165) is 28.6 Å². The Morgan fingerprint density at radius 3 is 2.72 bits per heavy atom. The molecule has 0 amide bonds. The Morgan fingerprint density at radius 2 is 2.06 bits per heavy atom. The van der Waals surface area contributed by atoms with Gasteiger partial charge in [-0.2, -0.15) is 0 Å². The highest BCUT2D eigenvalue weighted by Crippen LogP contribution is 2.18. The lowest BCUT2D eigenvalue weighted by Crippen LogP contribution is -2.06. The molecule has 2 aromatic rings. The first-order valence-corrected chi connectivity index (χ1v) is 6.13. The predicted molar refractivity (Wildman–Crippen MR) is 72.8 cm³/mol. The van der Waals surface area contributed by atoms with E-state index in [0.29, 0.717) is 6.61 Å². The number of benzene rings is 1. The smallest absolute Gasteiger partial charge is 0.138 e. The van der Waals surface area contributed by atoms with Crippen molar-refractivity contribution < 1.29 is 4.74 Å². The molecule has 0 saturated carbocycles. The molecule has 0 bridgehead atoms. The van der Waals surface area contributed by atoms with Gasteiger partial charge in [0, 0.05) is 17.1 Å². The number of nitrogens with zero attached hydrogens (tertiary/aromatic N) is 1. The van der Waals surface area contributed by atoms with E-state index >= 15 is 0 Å². The lowest BCUT2D eigenvalue weighted by atomic mass is 10.2. The molecule has 3 nitrogen and oxygen atoms in total. The minimum Gasteiger partial charge on any atom is -0.487 e.